The summed E-state index contributed by atoms with van der Waals surface area (Å²) >= 11 is 0. The maximum absolute atomic E-state index is 14.9. The van der Waals surface area contributed by atoms with Crippen molar-refractivity contribution in [3.8, 4) is 0 Å². The van der Waals surface area contributed by atoms with E-state index in [0.717, 1.165) is 0 Å². The van der Waals surface area contributed by atoms with Gasteiger partial charge in [0.25, 0.3) is 5.91 Å². The van der Waals surface area contributed by atoms with Gasteiger partial charge >= 0.3 is 13.3 Å². The second-order valence-corrected chi connectivity index (χ2v) is 8.89. The molecular weight excluding hydrogens is 389 g/mol. The molecule has 0 radical (unpaired) electrons. The molecule has 29 heavy (non-hydrogen) atoms. The molecule has 0 saturated carbocycles. The number of piperidine rings is 1. The van der Waals surface area contributed by atoms with Crippen LogP contribution in [0.1, 0.15) is 56.5 Å². The predicted molar refractivity (Wildman–Crippen MR) is 102 cm³/mol. The van der Waals surface area contributed by atoms with Crippen LogP contribution in [0.25, 0.3) is 0 Å². The minimum absolute atomic E-state index is 0.0408. The zero-order valence-corrected chi connectivity index (χ0v) is 17.3. The quantitative estimate of drug-likeness (QED) is 0.544. The van der Waals surface area contributed by atoms with Gasteiger partial charge in [0.15, 0.2) is 0 Å². The second-order valence-electron chi connectivity index (χ2n) is 8.89. The minimum atomic E-state index is -4.26. The molecule has 2 aliphatic heterocycles. The first-order valence-electron chi connectivity index (χ1n) is 9.74. The zero-order valence-electron chi connectivity index (χ0n) is 17.3. The van der Waals surface area contributed by atoms with Gasteiger partial charge in [-0.15, -0.1) is 0 Å². The van der Waals surface area contributed by atoms with Crippen LogP contribution in [0.5, 0.6) is 0 Å². The first-order valence-corrected chi connectivity index (χ1v) is 9.74. The number of likely N-dealkylation sites (tertiary alicyclic amines) is 1. The van der Waals surface area contributed by atoms with Crippen molar-refractivity contribution in [2.24, 2.45) is 5.92 Å². The summed E-state index contributed by atoms with van der Waals surface area (Å²) in [4.78, 5) is 14.1. The summed E-state index contributed by atoms with van der Waals surface area (Å²) in [5, 5.41) is 0. The maximum atomic E-state index is 14.9. The van der Waals surface area contributed by atoms with Gasteiger partial charge in [0, 0.05) is 13.1 Å². The summed E-state index contributed by atoms with van der Waals surface area (Å²) in [5.41, 5.74) is -0.419. The molecule has 0 aromatic heterocycles. The smallest absolute Gasteiger partial charge is 0.399 e. The highest BCUT2D eigenvalue weighted by atomic mass is 19.4. The number of carbonyl (C=O) groups is 1. The Labute approximate surface area is 168 Å². The number of alkyl halides is 3. The van der Waals surface area contributed by atoms with Crippen molar-refractivity contribution in [1.29, 1.82) is 0 Å². The molecule has 1 aromatic carbocycles. The van der Waals surface area contributed by atoms with Crippen molar-refractivity contribution in [2.75, 3.05) is 13.1 Å². The van der Waals surface area contributed by atoms with E-state index in [-0.39, 0.29) is 31.5 Å². The fourth-order valence-electron chi connectivity index (χ4n) is 3.72. The number of halogens is 4. The van der Waals surface area contributed by atoms with Gasteiger partial charge in [0.2, 0.25) is 0 Å². The number of aryl methyl sites for hydroxylation is 1. The number of amides is 1. The van der Waals surface area contributed by atoms with E-state index in [0.29, 0.717) is 11.0 Å². The number of rotatable bonds is 2. The van der Waals surface area contributed by atoms with Crippen LogP contribution in [0.2, 0.25) is 0 Å². The van der Waals surface area contributed by atoms with E-state index in [4.69, 9.17) is 9.31 Å². The first-order chi connectivity index (χ1) is 13.2. The minimum Gasteiger partial charge on any atom is -0.399 e. The number of hydrogen-bond acceptors (Lipinski definition) is 3. The molecule has 4 nitrogen and oxygen atoms in total. The fourth-order valence-corrected chi connectivity index (χ4v) is 3.72. The summed E-state index contributed by atoms with van der Waals surface area (Å²) in [7, 11) is -0.764. The molecule has 0 unspecified atom stereocenters. The van der Waals surface area contributed by atoms with Gasteiger partial charge in [-0.2, -0.15) is 13.2 Å². The van der Waals surface area contributed by atoms with Crippen molar-refractivity contribution in [2.45, 2.75) is 64.8 Å². The van der Waals surface area contributed by atoms with Gasteiger partial charge in [-0.25, -0.2) is 4.39 Å². The number of nitrogens with zero attached hydrogens (tertiary/aromatic N) is 1. The average molecular weight is 415 g/mol. The second kappa shape index (κ2) is 7.27. The molecule has 1 amide bonds. The Balaban J connectivity index is 1.78. The molecule has 160 valence electrons. The van der Waals surface area contributed by atoms with Crippen molar-refractivity contribution < 1.29 is 31.7 Å². The topological polar surface area (TPSA) is 38.8 Å². The van der Waals surface area contributed by atoms with Gasteiger partial charge in [0.1, 0.15) is 5.82 Å². The third-order valence-corrected chi connectivity index (χ3v) is 6.29. The van der Waals surface area contributed by atoms with Crippen LogP contribution in [0, 0.1) is 18.7 Å². The van der Waals surface area contributed by atoms with E-state index in [1.165, 1.54) is 11.0 Å². The molecule has 0 bridgehead atoms. The van der Waals surface area contributed by atoms with E-state index in [2.05, 4.69) is 0 Å². The molecule has 1 aromatic rings. The van der Waals surface area contributed by atoms with Gasteiger partial charge in [0.05, 0.1) is 22.7 Å². The first kappa shape index (κ1) is 22.1. The summed E-state index contributed by atoms with van der Waals surface area (Å²) in [6.07, 6.45) is -4.59. The van der Waals surface area contributed by atoms with E-state index in [1.54, 1.807) is 13.0 Å². The normalized spacial score (nSPS) is 22.2. The van der Waals surface area contributed by atoms with Crippen LogP contribution in [-0.4, -0.2) is 48.4 Å². The molecule has 0 aliphatic carbocycles. The molecule has 2 heterocycles. The predicted octanol–water partition coefficient (Wildman–Crippen LogP) is 3.85. The molecule has 0 atom stereocenters. The van der Waals surface area contributed by atoms with Crippen LogP contribution >= 0.6 is 0 Å². The lowest BCUT2D eigenvalue weighted by molar-refractivity contribution is -0.183. The molecule has 0 N–H and O–H groups in total. The molecule has 2 saturated heterocycles. The number of benzene rings is 1. The highest BCUT2D eigenvalue weighted by Crippen LogP contribution is 2.37. The zero-order chi connectivity index (χ0) is 21.8. The largest absolute Gasteiger partial charge is 0.494 e. The van der Waals surface area contributed by atoms with Gasteiger partial charge in [-0.05, 0) is 64.6 Å². The lowest BCUT2D eigenvalue weighted by Gasteiger charge is -2.33. The van der Waals surface area contributed by atoms with Crippen LogP contribution in [0.15, 0.2) is 12.1 Å². The van der Waals surface area contributed by atoms with Gasteiger partial charge < -0.3 is 14.2 Å². The van der Waals surface area contributed by atoms with Crippen LogP contribution in [-0.2, 0) is 9.31 Å². The van der Waals surface area contributed by atoms with Crippen LogP contribution in [0.3, 0.4) is 0 Å². The molecule has 2 fully saturated rings. The molecule has 9 heteroatoms. The monoisotopic (exact) mass is 415 g/mol. The summed E-state index contributed by atoms with van der Waals surface area (Å²) in [6.45, 7) is 9.07. The summed E-state index contributed by atoms with van der Waals surface area (Å²) in [6, 6.07) is 2.85. The Kier molecular flexibility index (Phi) is 5.54. The highest BCUT2D eigenvalue weighted by Gasteiger charge is 2.52. The van der Waals surface area contributed by atoms with E-state index in [1.807, 2.05) is 27.7 Å². The SMILES string of the molecule is Cc1cc(B2OC(C)(C)C(C)(C)O2)cc(F)c1C(=O)N1CCC(C(F)(F)F)CC1. The Morgan fingerprint density at radius 3 is 2.07 bits per heavy atom. The number of carbonyl (C=O) groups excluding carboxylic acids is 1. The Bertz CT molecular complexity index is 762. The van der Waals surface area contributed by atoms with Crippen molar-refractivity contribution in [3.05, 3.63) is 29.1 Å². The third-order valence-electron chi connectivity index (χ3n) is 6.29. The van der Waals surface area contributed by atoms with Crippen LogP contribution < -0.4 is 5.46 Å². The van der Waals surface area contributed by atoms with Gasteiger partial charge in [-0.3, -0.25) is 4.79 Å². The fraction of sp³-hybridized carbons (Fsp3) is 0.650. The molecule has 3 rings (SSSR count). The van der Waals surface area contributed by atoms with Gasteiger partial charge in [-0.1, -0.05) is 6.07 Å². The maximum Gasteiger partial charge on any atom is 0.494 e. The number of hydrogen-bond donors (Lipinski definition) is 0. The Morgan fingerprint density at radius 1 is 1.10 bits per heavy atom. The lowest BCUT2D eigenvalue weighted by atomic mass is 9.77. The molecule has 0 spiro atoms. The van der Waals surface area contributed by atoms with Crippen molar-refractivity contribution >= 4 is 18.5 Å². The van der Waals surface area contributed by atoms with E-state index < -0.39 is 42.1 Å². The van der Waals surface area contributed by atoms with Crippen molar-refractivity contribution in [3.63, 3.8) is 0 Å². The summed E-state index contributed by atoms with van der Waals surface area (Å²) in [5.74, 6) is -2.72. The standard InChI is InChI=1S/C20H26BF4NO3/c1-12-10-14(21-28-18(2,3)19(4,5)29-21)11-15(22)16(12)17(27)26-8-6-13(7-9-26)20(23,24)25/h10-11,13H,6-9H2,1-5H3. The third kappa shape index (κ3) is 4.17. The summed E-state index contributed by atoms with van der Waals surface area (Å²) < 4.78 is 65.2. The van der Waals surface area contributed by atoms with E-state index in [9.17, 15) is 22.4 Å². The van der Waals surface area contributed by atoms with E-state index >= 15 is 0 Å². The highest BCUT2D eigenvalue weighted by molar-refractivity contribution is 6.62. The van der Waals surface area contributed by atoms with Crippen LogP contribution in [0.4, 0.5) is 17.6 Å². The lowest BCUT2D eigenvalue weighted by Crippen LogP contribution is -2.43. The Hall–Kier alpha value is -1.61. The Morgan fingerprint density at radius 2 is 1.62 bits per heavy atom. The van der Waals surface area contributed by atoms with Crippen molar-refractivity contribution in [1.82, 2.24) is 4.90 Å². The molecular formula is C20H26BF4NO3. The average Bonchev–Trinajstić information content (AvgIpc) is 2.81. The molecule has 2 aliphatic rings.